The molecule has 1 unspecified atom stereocenters. The van der Waals surface area contributed by atoms with Crippen molar-refractivity contribution in [2.24, 2.45) is 0 Å². The van der Waals surface area contributed by atoms with Crippen LogP contribution in [-0.4, -0.2) is 122 Å². The summed E-state index contributed by atoms with van der Waals surface area (Å²) in [5.74, 6) is 3.17. The van der Waals surface area contributed by atoms with Crippen molar-refractivity contribution in [1.29, 1.82) is 0 Å². The van der Waals surface area contributed by atoms with Crippen molar-refractivity contribution in [1.82, 2.24) is 0 Å². The number of morpholine rings is 1. The zero-order valence-electron chi connectivity index (χ0n) is 33.3. The number of rotatable bonds is 18. The predicted molar refractivity (Wildman–Crippen MR) is 207 cm³/mol. The molecule has 0 bridgehead atoms. The third kappa shape index (κ3) is 9.87. The molecule has 0 N–H and O–H groups in total. The third-order valence-corrected chi connectivity index (χ3v) is 11.3. The summed E-state index contributed by atoms with van der Waals surface area (Å²) in [6.07, 6.45) is 5.23. The van der Waals surface area contributed by atoms with Crippen LogP contribution >= 0.6 is 0 Å². The van der Waals surface area contributed by atoms with E-state index in [1.807, 2.05) is 24.3 Å². The summed E-state index contributed by atoms with van der Waals surface area (Å²) in [4.78, 5) is 25.1. The van der Waals surface area contributed by atoms with E-state index in [0.29, 0.717) is 49.1 Å². The van der Waals surface area contributed by atoms with E-state index >= 15 is 0 Å². The Kier molecular flexibility index (Phi) is 13.6. The Morgan fingerprint density at radius 3 is 2.04 bits per heavy atom. The summed E-state index contributed by atoms with van der Waals surface area (Å²) in [6, 6.07) is 16.4. The first-order valence-corrected chi connectivity index (χ1v) is 19.3. The van der Waals surface area contributed by atoms with Gasteiger partial charge in [-0.15, -0.1) is 0 Å². The largest absolute Gasteiger partial charge is 0.493 e. The Labute approximate surface area is 329 Å². The van der Waals surface area contributed by atoms with E-state index in [9.17, 15) is 9.59 Å². The second-order valence-corrected chi connectivity index (χ2v) is 14.8. The van der Waals surface area contributed by atoms with Crippen LogP contribution < -0.4 is 28.4 Å². The Bertz CT molecular complexity index is 1860. The van der Waals surface area contributed by atoms with Gasteiger partial charge in [0.2, 0.25) is 6.79 Å². The van der Waals surface area contributed by atoms with Gasteiger partial charge in [0.15, 0.2) is 34.5 Å². The fourth-order valence-electron chi connectivity index (χ4n) is 8.18. The highest BCUT2D eigenvalue weighted by Gasteiger charge is 2.40. The number of hydrogen-bond donors (Lipinski definition) is 0. The molecular weight excluding hydrogens is 720 g/mol. The first-order valence-electron chi connectivity index (χ1n) is 19.3. The van der Waals surface area contributed by atoms with Crippen LogP contribution in [0.25, 0.3) is 0 Å². The monoisotopic (exact) mass is 776 g/mol. The molecule has 3 aromatic carbocycles. The Morgan fingerprint density at radius 2 is 1.34 bits per heavy atom. The molecule has 0 amide bonds. The molecule has 302 valence electrons. The number of fused-ring (bicyclic) bond motifs is 2. The topological polar surface area (TPSA) is 117 Å². The molecule has 0 aliphatic carbocycles. The van der Waals surface area contributed by atoms with Crippen molar-refractivity contribution in [3.05, 3.63) is 82.9 Å². The van der Waals surface area contributed by atoms with Crippen LogP contribution in [0, 0.1) is 0 Å². The maximum Gasteiger partial charge on any atom is 0.331 e. The van der Waals surface area contributed by atoms with Gasteiger partial charge in [0, 0.05) is 49.0 Å². The van der Waals surface area contributed by atoms with E-state index in [-0.39, 0.29) is 26.0 Å². The van der Waals surface area contributed by atoms with Gasteiger partial charge < -0.3 is 51.6 Å². The minimum absolute atomic E-state index is 0.0887. The van der Waals surface area contributed by atoms with Gasteiger partial charge in [-0.1, -0.05) is 6.07 Å². The molecule has 13 nitrogen and oxygen atoms in total. The summed E-state index contributed by atoms with van der Waals surface area (Å²) < 4.78 is 51.7. The minimum atomic E-state index is -0.575. The van der Waals surface area contributed by atoms with Gasteiger partial charge in [-0.3, -0.25) is 0 Å². The van der Waals surface area contributed by atoms with Crippen molar-refractivity contribution in [3.63, 3.8) is 0 Å². The Balaban J connectivity index is 0.991. The maximum absolute atomic E-state index is 12.6. The fourth-order valence-corrected chi connectivity index (χ4v) is 8.18. The van der Waals surface area contributed by atoms with Gasteiger partial charge >= 0.3 is 11.9 Å². The number of carbonyl (C=O) groups excluding carboxylic acids is 2. The van der Waals surface area contributed by atoms with E-state index in [0.717, 1.165) is 90.3 Å². The van der Waals surface area contributed by atoms with Gasteiger partial charge in [0.1, 0.15) is 25.7 Å². The second-order valence-electron chi connectivity index (χ2n) is 14.8. The molecule has 6 rings (SSSR count). The third-order valence-electron chi connectivity index (χ3n) is 11.3. The molecular formula is C43H56N2O11+2. The molecule has 0 spiro atoms. The van der Waals surface area contributed by atoms with Crippen LogP contribution in [0.5, 0.6) is 34.5 Å². The average molecular weight is 777 g/mol. The SMILES string of the molecule is COc1ccc(C[C@@H]2c3cc(OC)c(OC)cc3CC[N+]2(C)CCCOC(=O)/C=C\C(=O)OCCC[N+]2(Cc3ccc4c(c3)OCO4)CCOCC2)cc1OC. The first kappa shape index (κ1) is 40.7. The normalized spacial score (nSPS) is 19.6. The number of hydrogen-bond acceptors (Lipinski definition) is 11. The van der Waals surface area contributed by atoms with E-state index < -0.39 is 11.9 Å². The van der Waals surface area contributed by atoms with Gasteiger partial charge in [-0.05, 0) is 53.6 Å². The molecule has 1 fully saturated rings. The lowest BCUT2D eigenvalue weighted by Crippen LogP contribution is -2.55. The van der Waals surface area contributed by atoms with Gasteiger partial charge in [0.05, 0.1) is 81.5 Å². The minimum Gasteiger partial charge on any atom is -0.493 e. The van der Waals surface area contributed by atoms with E-state index in [4.69, 9.17) is 42.6 Å². The molecule has 0 aromatic heterocycles. The molecule has 2 atom stereocenters. The Morgan fingerprint density at radius 1 is 0.714 bits per heavy atom. The van der Waals surface area contributed by atoms with Gasteiger partial charge in [-0.25, -0.2) is 9.59 Å². The summed E-state index contributed by atoms with van der Waals surface area (Å²) in [7, 11) is 8.83. The standard InChI is InChI=1S/C43H56N2O11/c1-44(17-14-33-27-39(50-4)40(51-5)28-34(33)35(44)24-31-8-10-36(48-2)38(25-31)49-3)15-6-20-53-42(46)12-13-43(47)54-21-7-16-45(18-22-52-23-19-45)29-32-9-11-37-41(26-32)56-30-55-37/h8-13,25-28,35H,6-7,14-24,29-30H2,1-5H3/q+2/b13-12-/t35-,44?/m1/s1. The number of carbonyl (C=O) groups is 2. The molecule has 3 aliphatic rings. The number of likely N-dealkylation sites (N-methyl/N-ethyl adjacent to an activating group) is 1. The molecule has 3 aliphatic heterocycles. The van der Waals surface area contributed by atoms with Crippen molar-refractivity contribution >= 4 is 11.9 Å². The molecule has 0 saturated carbocycles. The van der Waals surface area contributed by atoms with Crippen LogP contribution in [0.3, 0.4) is 0 Å². The smallest absolute Gasteiger partial charge is 0.331 e. The molecule has 13 heteroatoms. The summed E-state index contributed by atoms with van der Waals surface area (Å²) in [6.45, 7) is 7.17. The van der Waals surface area contributed by atoms with Crippen LogP contribution in [-0.2, 0) is 43.2 Å². The number of benzene rings is 3. The Hall–Kier alpha value is -4.98. The molecule has 3 heterocycles. The average Bonchev–Trinajstić information content (AvgIpc) is 3.69. The summed E-state index contributed by atoms with van der Waals surface area (Å²) >= 11 is 0. The van der Waals surface area contributed by atoms with E-state index in [1.165, 1.54) is 16.7 Å². The van der Waals surface area contributed by atoms with Gasteiger partial charge in [0.25, 0.3) is 0 Å². The number of quaternary nitrogens is 2. The van der Waals surface area contributed by atoms with E-state index in [2.05, 4.69) is 31.3 Å². The lowest BCUT2D eigenvalue weighted by molar-refractivity contribution is -0.947. The lowest BCUT2D eigenvalue weighted by Gasteiger charge is -2.46. The summed E-state index contributed by atoms with van der Waals surface area (Å²) in [5, 5.41) is 0. The van der Waals surface area contributed by atoms with Crippen LogP contribution in [0.15, 0.2) is 60.7 Å². The van der Waals surface area contributed by atoms with E-state index in [1.54, 1.807) is 28.4 Å². The number of ether oxygens (including phenoxy) is 9. The van der Waals surface area contributed by atoms with Crippen LogP contribution in [0.2, 0.25) is 0 Å². The lowest BCUT2D eigenvalue weighted by atomic mass is 9.86. The van der Waals surface area contributed by atoms with Gasteiger partial charge in [-0.2, -0.15) is 0 Å². The van der Waals surface area contributed by atoms with Crippen molar-refractivity contribution in [2.45, 2.75) is 38.3 Å². The second kappa shape index (κ2) is 18.8. The van der Waals surface area contributed by atoms with Crippen molar-refractivity contribution < 1.29 is 61.2 Å². The van der Waals surface area contributed by atoms with Crippen LogP contribution in [0.4, 0.5) is 0 Å². The van der Waals surface area contributed by atoms with Crippen LogP contribution in [0.1, 0.15) is 41.1 Å². The number of nitrogens with zero attached hydrogens (tertiary/aromatic N) is 2. The molecule has 1 saturated heterocycles. The summed E-state index contributed by atoms with van der Waals surface area (Å²) in [5.41, 5.74) is 4.72. The quantitative estimate of drug-likeness (QED) is 0.0735. The number of methoxy groups -OCH3 is 4. The molecule has 3 aromatic rings. The number of esters is 2. The maximum atomic E-state index is 12.6. The highest BCUT2D eigenvalue weighted by molar-refractivity contribution is 5.91. The zero-order valence-corrected chi connectivity index (χ0v) is 33.3. The zero-order chi connectivity index (χ0) is 39.5. The van der Waals surface area contributed by atoms with Crippen molar-refractivity contribution in [2.75, 3.05) is 101 Å². The first-order chi connectivity index (χ1) is 27.2. The predicted octanol–water partition coefficient (Wildman–Crippen LogP) is 5.21. The highest BCUT2D eigenvalue weighted by atomic mass is 16.7. The highest BCUT2D eigenvalue weighted by Crippen LogP contribution is 2.43. The fraction of sp³-hybridized carbons (Fsp3) is 0.488. The van der Waals surface area contributed by atoms with Crippen molar-refractivity contribution in [3.8, 4) is 34.5 Å². The molecule has 56 heavy (non-hydrogen) atoms. The molecule has 0 radical (unpaired) electrons.